The Kier molecular flexibility index (Phi) is 9.17. The fourth-order valence-electron chi connectivity index (χ4n) is 3.37. The van der Waals surface area contributed by atoms with Crippen LogP contribution < -0.4 is 5.32 Å². The summed E-state index contributed by atoms with van der Waals surface area (Å²) >= 11 is 1.59. The first-order valence-corrected chi connectivity index (χ1v) is 12.1. The molecule has 31 heavy (non-hydrogen) atoms. The second kappa shape index (κ2) is 11.4. The molecule has 168 valence electrons. The molecule has 5 heteroatoms. The third-order valence-electron chi connectivity index (χ3n) is 5.10. The molecule has 0 aliphatic rings. The highest BCUT2D eigenvalue weighted by molar-refractivity contribution is 7.99. The van der Waals surface area contributed by atoms with Gasteiger partial charge < -0.3 is 10.2 Å². The Hall–Kier alpha value is -2.27. The van der Waals surface area contributed by atoms with Gasteiger partial charge in [0.2, 0.25) is 11.8 Å². The number of amides is 2. The van der Waals surface area contributed by atoms with Crippen LogP contribution in [0.15, 0.2) is 48.5 Å². The highest BCUT2D eigenvalue weighted by atomic mass is 32.2. The number of carbonyl (C=O) groups is 2. The molecular weight excluding hydrogens is 404 g/mol. The predicted octanol–water partition coefficient (Wildman–Crippen LogP) is 5.26. The lowest BCUT2D eigenvalue weighted by molar-refractivity contribution is -0.140. The van der Waals surface area contributed by atoms with Crippen molar-refractivity contribution in [2.24, 2.45) is 0 Å². The molecule has 0 saturated carbocycles. The standard InChI is InChI=1S/C26H36N2O2S/c1-7-23(25(30)27-26(4,5)6)28(16-22-11-9-8-10-20(22)3)24(29)18-31-17-21-14-12-19(2)13-15-21/h8-15,23H,7,16-18H2,1-6H3,(H,27,30)/t23-/m0/s1. The van der Waals surface area contributed by atoms with E-state index < -0.39 is 6.04 Å². The minimum Gasteiger partial charge on any atom is -0.350 e. The molecule has 1 N–H and O–H groups in total. The van der Waals surface area contributed by atoms with Crippen molar-refractivity contribution in [2.75, 3.05) is 5.75 Å². The Labute approximate surface area is 191 Å². The number of aryl methyl sites for hydroxylation is 2. The smallest absolute Gasteiger partial charge is 0.243 e. The molecule has 2 aromatic rings. The molecule has 2 aromatic carbocycles. The van der Waals surface area contributed by atoms with Gasteiger partial charge >= 0.3 is 0 Å². The Morgan fingerprint density at radius 3 is 2.26 bits per heavy atom. The van der Waals surface area contributed by atoms with Gasteiger partial charge in [0.25, 0.3) is 0 Å². The predicted molar refractivity (Wildman–Crippen MR) is 131 cm³/mol. The molecule has 2 rings (SSSR count). The van der Waals surface area contributed by atoms with Crippen LogP contribution in [-0.4, -0.2) is 34.0 Å². The number of carbonyl (C=O) groups excluding carboxylic acids is 2. The van der Waals surface area contributed by atoms with Gasteiger partial charge in [-0.15, -0.1) is 11.8 Å². The van der Waals surface area contributed by atoms with Crippen molar-refractivity contribution in [3.8, 4) is 0 Å². The molecule has 1 atom stereocenters. The number of thioether (sulfide) groups is 1. The molecule has 2 amide bonds. The number of benzene rings is 2. The lowest BCUT2D eigenvalue weighted by atomic mass is 10.0. The summed E-state index contributed by atoms with van der Waals surface area (Å²) in [5.74, 6) is 1.02. The van der Waals surface area contributed by atoms with E-state index >= 15 is 0 Å². The molecule has 4 nitrogen and oxygen atoms in total. The summed E-state index contributed by atoms with van der Waals surface area (Å²) < 4.78 is 0. The first-order chi connectivity index (χ1) is 14.6. The van der Waals surface area contributed by atoms with Crippen LogP contribution >= 0.6 is 11.8 Å². The lowest BCUT2D eigenvalue weighted by Crippen LogP contribution is -2.53. The van der Waals surface area contributed by atoms with E-state index in [4.69, 9.17) is 0 Å². The topological polar surface area (TPSA) is 49.4 Å². The second-order valence-corrected chi connectivity index (χ2v) is 10.1. The van der Waals surface area contributed by atoms with Gasteiger partial charge in [0, 0.05) is 17.8 Å². The van der Waals surface area contributed by atoms with Crippen LogP contribution in [-0.2, 0) is 21.9 Å². The fourth-order valence-corrected chi connectivity index (χ4v) is 4.24. The van der Waals surface area contributed by atoms with Crippen LogP contribution in [0, 0.1) is 13.8 Å². The first kappa shape index (κ1) is 25.0. The van der Waals surface area contributed by atoms with E-state index in [0.29, 0.717) is 18.7 Å². The molecule has 0 unspecified atom stereocenters. The molecular formula is C26H36N2O2S. The maximum Gasteiger partial charge on any atom is 0.243 e. The van der Waals surface area contributed by atoms with Gasteiger partial charge in [0.1, 0.15) is 6.04 Å². The third-order valence-corrected chi connectivity index (χ3v) is 6.09. The summed E-state index contributed by atoms with van der Waals surface area (Å²) in [6, 6.07) is 15.9. The van der Waals surface area contributed by atoms with Crippen molar-refractivity contribution >= 4 is 23.6 Å². The number of hydrogen-bond acceptors (Lipinski definition) is 3. The Morgan fingerprint density at radius 1 is 1.03 bits per heavy atom. The average Bonchev–Trinajstić information content (AvgIpc) is 2.69. The van der Waals surface area contributed by atoms with E-state index in [1.165, 1.54) is 11.1 Å². The second-order valence-electron chi connectivity index (χ2n) is 9.09. The van der Waals surface area contributed by atoms with Crippen LogP contribution in [0.4, 0.5) is 0 Å². The van der Waals surface area contributed by atoms with E-state index in [0.717, 1.165) is 16.9 Å². The number of rotatable bonds is 9. The maximum atomic E-state index is 13.3. The van der Waals surface area contributed by atoms with E-state index in [2.05, 4.69) is 36.5 Å². The highest BCUT2D eigenvalue weighted by Crippen LogP contribution is 2.19. The molecule has 0 fully saturated rings. The average molecular weight is 441 g/mol. The number of nitrogens with zero attached hydrogens (tertiary/aromatic N) is 1. The van der Waals surface area contributed by atoms with Gasteiger partial charge in [-0.2, -0.15) is 0 Å². The molecule has 0 aromatic heterocycles. The van der Waals surface area contributed by atoms with E-state index in [9.17, 15) is 9.59 Å². The van der Waals surface area contributed by atoms with E-state index in [1.807, 2.05) is 58.9 Å². The SMILES string of the molecule is CC[C@@H](C(=O)NC(C)(C)C)N(Cc1ccccc1C)C(=O)CSCc1ccc(C)cc1. The van der Waals surface area contributed by atoms with Gasteiger partial charge in [-0.1, -0.05) is 61.0 Å². The van der Waals surface area contributed by atoms with Crippen molar-refractivity contribution in [3.63, 3.8) is 0 Å². The van der Waals surface area contributed by atoms with Gasteiger partial charge in [0.15, 0.2) is 0 Å². The van der Waals surface area contributed by atoms with E-state index in [-0.39, 0.29) is 17.4 Å². The van der Waals surface area contributed by atoms with Crippen LogP contribution in [0.3, 0.4) is 0 Å². The zero-order valence-electron chi connectivity index (χ0n) is 19.7. The molecule has 0 spiro atoms. The minimum absolute atomic E-state index is 0.00345. The monoisotopic (exact) mass is 440 g/mol. The Morgan fingerprint density at radius 2 is 1.68 bits per heavy atom. The van der Waals surface area contributed by atoms with Gasteiger partial charge in [-0.3, -0.25) is 9.59 Å². The van der Waals surface area contributed by atoms with Crippen LogP contribution in [0.2, 0.25) is 0 Å². The van der Waals surface area contributed by atoms with Crippen LogP contribution in [0.1, 0.15) is 56.4 Å². The van der Waals surface area contributed by atoms with Crippen molar-refractivity contribution in [3.05, 3.63) is 70.8 Å². The van der Waals surface area contributed by atoms with Crippen molar-refractivity contribution in [1.29, 1.82) is 0 Å². The molecule has 0 aliphatic heterocycles. The summed E-state index contributed by atoms with van der Waals surface area (Å²) in [6.07, 6.45) is 0.572. The Bertz CT molecular complexity index is 872. The highest BCUT2D eigenvalue weighted by Gasteiger charge is 2.30. The fraction of sp³-hybridized carbons (Fsp3) is 0.462. The minimum atomic E-state index is -0.494. The molecule has 0 radical (unpaired) electrons. The van der Waals surface area contributed by atoms with Crippen LogP contribution in [0.25, 0.3) is 0 Å². The lowest BCUT2D eigenvalue weighted by Gasteiger charge is -2.33. The Balaban J connectivity index is 2.16. The van der Waals surface area contributed by atoms with Crippen molar-refractivity contribution in [1.82, 2.24) is 10.2 Å². The van der Waals surface area contributed by atoms with Gasteiger partial charge in [-0.25, -0.2) is 0 Å². The maximum absolute atomic E-state index is 13.3. The normalized spacial score (nSPS) is 12.3. The first-order valence-electron chi connectivity index (χ1n) is 10.9. The zero-order chi connectivity index (χ0) is 23.0. The number of nitrogens with one attached hydrogen (secondary N) is 1. The number of hydrogen-bond donors (Lipinski definition) is 1. The summed E-state index contributed by atoms with van der Waals surface area (Å²) in [4.78, 5) is 28.1. The third kappa shape index (κ3) is 8.06. The van der Waals surface area contributed by atoms with Crippen molar-refractivity contribution in [2.45, 2.75) is 71.8 Å². The summed E-state index contributed by atoms with van der Waals surface area (Å²) in [5.41, 5.74) is 4.28. The summed E-state index contributed by atoms with van der Waals surface area (Å²) in [7, 11) is 0. The summed E-state index contributed by atoms with van der Waals surface area (Å²) in [6.45, 7) is 12.4. The van der Waals surface area contributed by atoms with Crippen LogP contribution in [0.5, 0.6) is 0 Å². The largest absolute Gasteiger partial charge is 0.350 e. The van der Waals surface area contributed by atoms with E-state index in [1.54, 1.807) is 16.7 Å². The zero-order valence-corrected chi connectivity index (χ0v) is 20.5. The quantitative estimate of drug-likeness (QED) is 0.579. The van der Waals surface area contributed by atoms with Gasteiger partial charge in [0.05, 0.1) is 5.75 Å². The van der Waals surface area contributed by atoms with Crippen molar-refractivity contribution < 1.29 is 9.59 Å². The molecule has 0 saturated heterocycles. The van der Waals surface area contributed by atoms with Gasteiger partial charge in [-0.05, 0) is 57.7 Å². The molecule has 0 aliphatic carbocycles. The molecule has 0 heterocycles. The summed E-state index contributed by atoms with van der Waals surface area (Å²) in [5, 5.41) is 3.05. The molecule has 0 bridgehead atoms.